The second kappa shape index (κ2) is 24.2. The molecule has 0 aliphatic carbocycles. The van der Waals surface area contributed by atoms with E-state index in [0.29, 0.717) is 0 Å². The molecule has 94 heavy (non-hydrogen) atoms. The van der Waals surface area contributed by atoms with E-state index in [9.17, 15) is 0 Å². The Morgan fingerprint density at radius 2 is 0.830 bits per heavy atom. The summed E-state index contributed by atoms with van der Waals surface area (Å²) in [6.07, 6.45) is 10.4. The minimum atomic E-state index is 0. The van der Waals surface area contributed by atoms with Crippen molar-refractivity contribution in [2.45, 2.75) is 0 Å². The number of benzene rings is 10. The van der Waals surface area contributed by atoms with E-state index in [1.165, 1.54) is 95.4 Å². The number of aromatic nitrogens is 9. The number of para-hydroxylation sites is 2. The zero-order valence-corrected chi connectivity index (χ0v) is 61.0. The average Bonchev–Trinajstić information content (AvgIpc) is 1.61. The summed E-state index contributed by atoms with van der Waals surface area (Å²) < 4.78 is 17.0. The first kappa shape index (κ1) is 61.4. The molecule has 10 aromatic carbocycles. The summed E-state index contributed by atoms with van der Waals surface area (Å²) in [6, 6.07) is 88.7. The summed E-state index contributed by atoms with van der Waals surface area (Å²) in [4.78, 5) is 14.8. The molecule has 0 unspecified atom stereocenters. The zero-order valence-electron chi connectivity index (χ0n) is 49.8. The molecule has 22 aromatic rings. The van der Waals surface area contributed by atoms with E-state index in [1.807, 2.05) is 60.0 Å². The van der Waals surface area contributed by atoms with E-state index in [0.717, 1.165) is 77.1 Å². The minimum absolute atomic E-state index is 0. The number of nitrogens with zero attached hydrogens (tertiary/aromatic N) is 9. The van der Waals surface area contributed by atoms with Crippen LogP contribution in [0, 0.1) is 30.3 Å². The zero-order chi connectivity index (χ0) is 59.3. The maximum atomic E-state index is 4.93. The number of aryl methyl sites for hydroxylation is 2. The second-order valence-electron chi connectivity index (χ2n) is 23.0. The van der Waals surface area contributed by atoms with Crippen LogP contribution in [0.4, 0.5) is 0 Å². The number of pyridine rings is 4. The molecule has 22 rings (SSSR count). The van der Waals surface area contributed by atoms with Gasteiger partial charge < -0.3 is 26.7 Å². The SMILES string of the molecule is Cn1c2ccccc2c2cc3c(cc21)nc1c2[c-]cccc2ccn31.Cn1c2ccccc2c2cc3nc4c5[c-]cccc5ccn4c3cc21.[Ir].[Ir].[Ir].[Ir].[c-]1cc2sccc2c2ccn3cc[c-]c3c12.[c-]1cccc2ccn3c4cc5c(cc4nc3c12)sc1ccccc15. The molecular weight excluding hydrogens is 1910 g/mol. The van der Waals surface area contributed by atoms with Gasteiger partial charge in [-0.2, -0.15) is 28.3 Å². The quantitative estimate of drug-likeness (QED) is 0.142. The van der Waals surface area contributed by atoms with Gasteiger partial charge in [0.2, 0.25) is 0 Å². The van der Waals surface area contributed by atoms with Gasteiger partial charge in [0.15, 0.2) is 0 Å². The topological polar surface area (TPSA) is 66.2 Å². The molecule has 0 amide bonds. The van der Waals surface area contributed by atoms with Crippen LogP contribution in [0.3, 0.4) is 0 Å². The Hall–Kier alpha value is -8.77. The van der Waals surface area contributed by atoms with Crippen molar-refractivity contribution in [3.05, 3.63) is 273 Å². The average molecular weight is 1950 g/mol. The molecule has 12 aromatic heterocycles. The van der Waals surface area contributed by atoms with Gasteiger partial charge in [-0.1, -0.05) is 90.3 Å². The molecule has 15 heteroatoms. The van der Waals surface area contributed by atoms with E-state index in [2.05, 4.69) is 265 Å². The van der Waals surface area contributed by atoms with Crippen LogP contribution in [0.25, 0.3) is 173 Å². The van der Waals surface area contributed by atoms with Crippen LogP contribution in [0.1, 0.15) is 0 Å². The Morgan fingerprint density at radius 1 is 0.330 bits per heavy atom. The predicted octanol–water partition coefficient (Wildman–Crippen LogP) is 19.9. The van der Waals surface area contributed by atoms with Gasteiger partial charge >= 0.3 is 0 Å². The fourth-order valence-corrected chi connectivity index (χ4v) is 15.7. The summed E-state index contributed by atoms with van der Waals surface area (Å²) in [5.74, 6) is 0. The smallest absolute Gasteiger partial charge is 0.0795 e. The largest absolute Gasteiger partial charge is 0.440 e. The van der Waals surface area contributed by atoms with Crippen LogP contribution >= 0.6 is 22.7 Å². The normalized spacial score (nSPS) is 11.6. The van der Waals surface area contributed by atoms with Crippen LogP contribution in [0.15, 0.2) is 243 Å². The summed E-state index contributed by atoms with van der Waals surface area (Å²) in [5.41, 5.74) is 15.5. The Morgan fingerprint density at radius 3 is 1.44 bits per heavy atom. The summed E-state index contributed by atoms with van der Waals surface area (Å²) in [6.45, 7) is 0. The van der Waals surface area contributed by atoms with Gasteiger partial charge in [0.1, 0.15) is 0 Å². The van der Waals surface area contributed by atoms with Gasteiger partial charge in [-0.25, -0.2) is 17.5 Å². The van der Waals surface area contributed by atoms with Crippen LogP contribution in [0.5, 0.6) is 0 Å². The molecule has 0 aliphatic heterocycles. The van der Waals surface area contributed by atoms with Gasteiger partial charge in [-0.15, -0.1) is 129 Å². The maximum absolute atomic E-state index is 4.93. The first-order valence-electron chi connectivity index (χ1n) is 29.8. The number of imidazole rings is 3. The molecule has 0 aliphatic rings. The van der Waals surface area contributed by atoms with Crippen molar-refractivity contribution >= 4 is 195 Å². The van der Waals surface area contributed by atoms with Crippen LogP contribution in [-0.4, -0.2) is 41.7 Å². The Kier molecular flexibility index (Phi) is 15.8. The van der Waals surface area contributed by atoms with Crippen LogP contribution in [-0.2, 0) is 94.5 Å². The van der Waals surface area contributed by atoms with Gasteiger partial charge in [-0.05, 0) is 89.5 Å². The van der Waals surface area contributed by atoms with Crippen LogP contribution in [0.2, 0.25) is 0 Å². The van der Waals surface area contributed by atoms with E-state index >= 15 is 0 Å². The third-order valence-corrected chi connectivity index (χ3v) is 20.1. The van der Waals surface area contributed by atoms with Crippen LogP contribution < -0.4 is 0 Å². The first-order chi connectivity index (χ1) is 44.4. The van der Waals surface area contributed by atoms with E-state index < -0.39 is 0 Å². The fourth-order valence-electron chi connectivity index (χ4n) is 13.8. The van der Waals surface area contributed by atoms with Gasteiger partial charge in [-0.3, -0.25) is 15.0 Å². The molecule has 0 bridgehead atoms. The monoisotopic (exact) mass is 1960 g/mol. The third-order valence-electron chi connectivity index (χ3n) is 18.1. The van der Waals surface area contributed by atoms with Gasteiger partial charge in [0.05, 0.1) is 61.1 Å². The molecule has 0 spiro atoms. The third kappa shape index (κ3) is 9.59. The standard InChI is InChI=1S/2C22H14N3.C21H11N2S.C14H7NS.4Ir/c1-24-19-9-5-4-8-16(19)17-12-21-18(13-20(17)24)23-22-15-7-3-2-6-14(15)10-11-25(21)22;1-24-19-9-5-4-8-16(19)17-12-18-21(13-20(17)24)25-11-10-14-6-2-3-7-15(14)22(25)23-18;1-2-6-14-13(5-1)9-10-23-18-11-16-15-7-3-4-8-19(15)24-20(16)12-17(18)22-21(14)23;1-2-13-11-3-4-14-12(6-9-16-14)10(11)5-8-15(13)7-1;;;;/h2*2-6,8-13H,1H3;1-5,7-12H;1,4-9H;;;;/q3*-1;-2;;;;. The molecular formula is C79H46Ir4N9S2-5. The summed E-state index contributed by atoms with van der Waals surface area (Å²) in [5, 5.41) is 20.3. The van der Waals surface area contributed by atoms with E-state index in [-0.39, 0.29) is 80.4 Å². The van der Waals surface area contributed by atoms with Crippen molar-refractivity contribution in [3.8, 4) is 0 Å². The first-order valence-corrected chi connectivity index (χ1v) is 31.5. The van der Waals surface area contributed by atoms with Gasteiger partial charge in [0, 0.05) is 147 Å². The maximum Gasteiger partial charge on any atom is 0.0795 e. The molecule has 0 saturated heterocycles. The fraction of sp³-hybridized carbons (Fsp3) is 0.0253. The number of hydrogen-bond donors (Lipinski definition) is 0. The number of rotatable bonds is 0. The van der Waals surface area contributed by atoms with Crippen molar-refractivity contribution in [2.75, 3.05) is 0 Å². The Bertz CT molecular complexity index is 6620. The number of hydrogen-bond acceptors (Lipinski definition) is 5. The van der Waals surface area contributed by atoms with Crippen molar-refractivity contribution < 1.29 is 80.4 Å². The molecule has 9 nitrogen and oxygen atoms in total. The Labute approximate surface area is 598 Å². The molecule has 12 heterocycles. The molecule has 0 N–H and O–H groups in total. The van der Waals surface area contributed by atoms with Crippen molar-refractivity contribution in [1.29, 1.82) is 0 Å². The van der Waals surface area contributed by atoms with Crippen molar-refractivity contribution in [2.24, 2.45) is 14.1 Å². The molecule has 4 radical (unpaired) electrons. The number of fused-ring (bicyclic) bond motifs is 29. The van der Waals surface area contributed by atoms with E-state index in [1.54, 1.807) is 11.3 Å². The van der Waals surface area contributed by atoms with Crippen molar-refractivity contribution in [1.82, 2.24) is 41.7 Å². The molecule has 0 atom stereocenters. The number of thiophene rings is 2. The van der Waals surface area contributed by atoms with Gasteiger partial charge in [0.25, 0.3) is 0 Å². The minimum Gasteiger partial charge on any atom is -0.440 e. The Balaban J connectivity index is 0.000000103. The predicted molar refractivity (Wildman–Crippen MR) is 376 cm³/mol. The summed E-state index contributed by atoms with van der Waals surface area (Å²) in [7, 11) is 4.25. The van der Waals surface area contributed by atoms with Crippen molar-refractivity contribution in [3.63, 3.8) is 0 Å². The second-order valence-corrected chi connectivity index (χ2v) is 25.0. The summed E-state index contributed by atoms with van der Waals surface area (Å²) >= 11 is 3.59. The molecule has 460 valence electrons. The molecule has 0 saturated carbocycles. The van der Waals surface area contributed by atoms with E-state index in [4.69, 9.17) is 15.0 Å². The molecule has 0 fully saturated rings.